The van der Waals surface area contributed by atoms with E-state index in [-0.39, 0.29) is 11.1 Å². The number of nitrogens with one attached hydrogen (secondary N) is 2. The van der Waals surface area contributed by atoms with Gasteiger partial charge in [-0.3, -0.25) is 10.1 Å². The van der Waals surface area contributed by atoms with Crippen LogP contribution in [0.15, 0.2) is 18.2 Å². The number of hydrogen-bond donors (Lipinski definition) is 2. The predicted molar refractivity (Wildman–Crippen MR) is 79.9 cm³/mol. The molecule has 0 aliphatic heterocycles. The van der Waals surface area contributed by atoms with Crippen molar-refractivity contribution in [2.75, 3.05) is 11.9 Å². The summed E-state index contributed by atoms with van der Waals surface area (Å²) in [4.78, 5) is 17.8. The van der Waals surface area contributed by atoms with Crippen molar-refractivity contribution in [1.29, 1.82) is 0 Å². The van der Waals surface area contributed by atoms with Gasteiger partial charge in [0, 0.05) is 18.7 Å². The molecule has 0 radical (unpaired) electrons. The van der Waals surface area contributed by atoms with Gasteiger partial charge in [-0.1, -0.05) is 27.7 Å². The molecule has 108 valence electrons. The number of benzene rings is 1. The van der Waals surface area contributed by atoms with E-state index in [1.54, 1.807) is 6.07 Å². The van der Waals surface area contributed by atoms with E-state index in [9.17, 15) is 10.1 Å². The number of anilines is 1. The Hall–Kier alpha value is -2.11. The molecule has 0 bridgehead atoms. The highest BCUT2D eigenvalue weighted by Crippen LogP contribution is 2.26. The number of aromatic nitrogens is 2. The van der Waals surface area contributed by atoms with E-state index in [0.717, 1.165) is 12.1 Å². The number of fused-ring (bicyclic) bond motifs is 1. The van der Waals surface area contributed by atoms with Crippen LogP contribution in [0.4, 0.5) is 11.6 Å². The zero-order chi connectivity index (χ0) is 14.9. The number of aromatic amines is 1. The van der Waals surface area contributed by atoms with E-state index < -0.39 is 4.92 Å². The van der Waals surface area contributed by atoms with Gasteiger partial charge in [-0.2, -0.15) is 0 Å². The second-order valence-electron chi connectivity index (χ2n) is 6.19. The van der Waals surface area contributed by atoms with E-state index in [4.69, 9.17) is 0 Å². The number of non-ortho nitro benzene ring substituents is 1. The fourth-order valence-corrected chi connectivity index (χ4v) is 1.75. The first kappa shape index (κ1) is 14.3. The molecule has 0 aliphatic rings. The molecule has 0 aliphatic carbocycles. The molecule has 2 N–H and O–H groups in total. The van der Waals surface area contributed by atoms with Crippen molar-refractivity contribution in [2.24, 2.45) is 11.3 Å². The van der Waals surface area contributed by atoms with Crippen LogP contribution in [-0.4, -0.2) is 21.4 Å². The largest absolute Gasteiger partial charge is 0.356 e. The Kier molecular flexibility index (Phi) is 3.65. The maximum absolute atomic E-state index is 10.7. The summed E-state index contributed by atoms with van der Waals surface area (Å²) in [7, 11) is 0. The van der Waals surface area contributed by atoms with Gasteiger partial charge in [-0.15, -0.1) is 0 Å². The second-order valence-corrected chi connectivity index (χ2v) is 6.19. The molecule has 2 aromatic rings. The molecule has 1 aromatic heterocycles. The van der Waals surface area contributed by atoms with Crippen molar-refractivity contribution < 1.29 is 4.92 Å². The van der Waals surface area contributed by atoms with Crippen LogP contribution in [0.1, 0.15) is 27.7 Å². The molecule has 1 heterocycles. The third-order valence-corrected chi connectivity index (χ3v) is 3.73. The Morgan fingerprint density at radius 1 is 1.45 bits per heavy atom. The van der Waals surface area contributed by atoms with E-state index in [1.165, 1.54) is 12.1 Å². The lowest BCUT2D eigenvalue weighted by Gasteiger charge is -2.27. The molecular weight excluding hydrogens is 256 g/mol. The molecule has 0 saturated carbocycles. The van der Waals surface area contributed by atoms with E-state index >= 15 is 0 Å². The van der Waals surface area contributed by atoms with E-state index in [0.29, 0.717) is 17.4 Å². The van der Waals surface area contributed by atoms with Crippen LogP contribution < -0.4 is 5.32 Å². The van der Waals surface area contributed by atoms with Crippen molar-refractivity contribution in [3.05, 3.63) is 28.3 Å². The summed E-state index contributed by atoms with van der Waals surface area (Å²) in [5.41, 5.74) is 1.68. The van der Waals surface area contributed by atoms with Gasteiger partial charge in [0.15, 0.2) is 0 Å². The quantitative estimate of drug-likeness (QED) is 0.660. The fraction of sp³-hybridized carbons (Fsp3) is 0.500. The zero-order valence-electron chi connectivity index (χ0n) is 12.2. The molecule has 6 heteroatoms. The number of imidazole rings is 1. The minimum absolute atomic E-state index is 0.0655. The van der Waals surface area contributed by atoms with Gasteiger partial charge in [-0.25, -0.2) is 4.98 Å². The normalized spacial score (nSPS) is 13.4. The molecule has 20 heavy (non-hydrogen) atoms. The Labute approximate surface area is 117 Å². The molecule has 6 nitrogen and oxygen atoms in total. The van der Waals surface area contributed by atoms with Crippen LogP contribution in [0.3, 0.4) is 0 Å². The molecule has 1 unspecified atom stereocenters. The highest BCUT2D eigenvalue weighted by atomic mass is 16.6. The molecule has 1 atom stereocenters. The average molecular weight is 276 g/mol. The lowest BCUT2D eigenvalue weighted by atomic mass is 9.82. The Morgan fingerprint density at radius 2 is 2.15 bits per heavy atom. The Morgan fingerprint density at radius 3 is 2.75 bits per heavy atom. The van der Waals surface area contributed by atoms with Gasteiger partial charge < -0.3 is 10.3 Å². The summed E-state index contributed by atoms with van der Waals surface area (Å²) in [6.07, 6.45) is 0. The minimum atomic E-state index is -0.408. The number of H-pyrrole nitrogens is 1. The summed E-state index contributed by atoms with van der Waals surface area (Å²) in [6, 6.07) is 4.62. The summed E-state index contributed by atoms with van der Waals surface area (Å²) < 4.78 is 0. The van der Waals surface area contributed by atoms with E-state index in [1.807, 2.05) is 0 Å². The van der Waals surface area contributed by atoms with Crippen molar-refractivity contribution >= 4 is 22.7 Å². The molecule has 0 spiro atoms. The third-order valence-electron chi connectivity index (χ3n) is 3.73. The van der Waals surface area contributed by atoms with Crippen LogP contribution >= 0.6 is 0 Å². The first-order valence-electron chi connectivity index (χ1n) is 6.65. The summed E-state index contributed by atoms with van der Waals surface area (Å²) >= 11 is 0. The lowest BCUT2D eigenvalue weighted by molar-refractivity contribution is -0.384. The Balaban J connectivity index is 2.14. The standard InChI is InChI=1S/C14H20N4O2/c1-9(14(2,3)4)8-15-13-16-11-6-5-10(18(19)20)7-12(11)17-13/h5-7,9H,8H2,1-4H3,(H2,15,16,17). The molecule has 1 aromatic carbocycles. The zero-order valence-corrected chi connectivity index (χ0v) is 12.2. The average Bonchev–Trinajstić information content (AvgIpc) is 2.76. The van der Waals surface area contributed by atoms with Gasteiger partial charge in [0.25, 0.3) is 5.69 Å². The number of nitrogens with zero attached hydrogens (tertiary/aromatic N) is 2. The van der Waals surface area contributed by atoms with E-state index in [2.05, 4.69) is 43.0 Å². The lowest BCUT2D eigenvalue weighted by Crippen LogP contribution is -2.25. The highest BCUT2D eigenvalue weighted by molar-refractivity contribution is 5.79. The number of rotatable bonds is 4. The maximum atomic E-state index is 10.7. The summed E-state index contributed by atoms with van der Waals surface area (Å²) in [5, 5.41) is 14.0. The van der Waals surface area contributed by atoms with Crippen molar-refractivity contribution in [3.63, 3.8) is 0 Å². The highest BCUT2D eigenvalue weighted by Gasteiger charge is 2.20. The third kappa shape index (κ3) is 3.07. The van der Waals surface area contributed by atoms with Crippen LogP contribution in [0.2, 0.25) is 0 Å². The molecule has 2 rings (SSSR count). The smallest absolute Gasteiger partial charge is 0.271 e. The van der Waals surface area contributed by atoms with Crippen molar-refractivity contribution in [1.82, 2.24) is 9.97 Å². The molecular formula is C14H20N4O2. The first-order valence-corrected chi connectivity index (χ1v) is 6.65. The maximum Gasteiger partial charge on any atom is 0.271 e. The number of hydrogen-bond acceptors (Lipinski definition) is 4. The van der Waals surface area contributed by atoms with Gasteiger partial charge >= 0.3 is 0 Å². The Bertz CT molecular complexity index is 628. The van der Waals surface area contributed by atoms with Crippen molar-refractivity contribution in [2.45, 2.75) is 27.7 Å². The van der Waals surface area contributed by atoms with Gasteiger partial charge in [0.05, 0.1) is 16.0 Å². The van der Waals surface area contributed by atoms with Gasteiger partial charge in [-0.05, 0) is 17.4 Å². The molecule has 0 fully saturated rings. The SMILES string of the molecule is CC(CNc1nc2ccc([N+](=O)[O-])cc2[nH]1)C(C)(C)C. The number of nitro benzene ring substituents is 1. The summed E-state index contributed by atoms with van der Waals surface area (Å²) in [6.45, 7) is 9.57. The van der Waals surface area contributed by atoms with Crippen LogP contribution in [0, 0.1) is 21.4 Å². The monoisotopic (exact) mass is 276 g/mol. The molecule has 0 saturated heterocycles. The molecule has 0 amide bonds. The van der Waals surface area contributed by atoms with Gasteiger partial charge in [0.1, 0.15) is 0 Å². The first-order chi connectivity index (χ1) is 9.27. The fourth-order valence-electron chi connectivity index (χ4n) is 1.75. The summed E-state index contributed by atoms with van der Waals surface area (Å²) in [5.74, 6) is 1.13. The second kappa shape index (κ2) is 5.11. The van der Waals surface area contributed by atoms with Crippen LogP contribution in [-0.2, 0) is 0 Å². The minimum Gasteiger partial charge on any atom is -0.356 e. The van der Waals surface area contributed by atoms with Crippen LogP contribution in [0.5, 0.6) is 0 Å². The van der Waals surface area contributed by atoms with Crippen molar-refractivity contribution in [3.8, 4) is 0 Å². The topological polar surface area (TPSA) is 83.8 Å². The number of nitro groups is 1. The van der Waals surface area contributed by atoms with Gasteiger partial charge in [0.2, 0.25) is 5.95 Å². The van der Waals surface area contributed by atoms with Crippen LogP contribution in [0.25, 0.3) is 11.0 Å². The predicted octanol–water partition coefficient (Wildman–Crippen LogP) is 3.57.